The molecule has 0 saturated heterocycles. The third-order valence-electron chi connectivity index (χ3n) is 2.79. The van der Waals surface area contributed by atoms with Crippen molar-refractivity contribution in [3.63, 3.8) is 0 Å². The first-order valence-electron chi connectivity index (χ1n) is 7.08. The molecule has 2 N–H and O–H groups in total. The number of carbonyl (C=O) groups is 2. The van der Waals surface area contributed by atoms with Crippen LogP contribution in [0, 0.1) is 0 Å². The lowest BCUT2D eigenvalue weighted by atomic mass is 10.2. The van der Waals surface area contributed by atoms with E-state index >= 15 is 0 Å². The van der Waals surface area contributed by atoms with Gasteiger partial charge < -0.3 is 14.4 Å². The molecule has 23 heavy (non-hydrogen) atoms. The van der Waals surface area contributed by atoms with Crippen LogP contribution in [0.1, 0.15) is 20.8 Å². The Hall–Kier alpha value is -2.83. The van der Waals surface area contributed by atoms with Gasteiger partial charge in [0.1, 0.15) is 18.0 Å². The maximum Gasteiger partial charge on any atom is 0.412 e. The number of aromatic nitrogens is 2. The Morgan fingerprint density at radius 3 is 2.74 bits per heavy atom. The number of hydrogen-bond acceptors (Lipinski definition) is 4. The molecule has 0 spiro atoms. The molecule has 0 atom stereocenters. The first kappa shape index (κ1) is 16.5. The smallest absolute Gasteiger partial charge is 0.412 e. The summed E-state index contributed by atoms with van der Waals surface area (Å²) >= 11 is 0. The molecule has 2 rings (SSSR count). The van der Waals surface area contributed by atoms with Crippen molar-refractivity contribution in [3.8, 4) is 11.4 Å². The maximum absolute atomic E-state index is 11.8. The largest absolute Gasteiger partial charge is 0.480 e. The van der Waals surface area contributed by atoms with Gasteiger partial charge in [0.15, 0.2) is 0 Å². The van der Waals surface area contributed by atoms with E-state index in [1.807, 2.05) is 0 Å². The molecule has 7 heteroatoms. The molecule has 7 nitrogen and oxygen atoms in total. The number of anilines is 1. The van der Waals surface area contributed by atoms with Crippen molar-refractivity contribution in [2.45, 2.75) is 32.9 Å². The van der Waals surface area contributed by atoms with Crippen LogP contribution in [0.25, 0.3) is 11.4 Å². The molecule has 122 valence electrons. The summed E-state index contributed by atoms with van der Waals surface area (Å²) in [6.45, 7) is 5.17. The molecule has 1 amide bonds. The number of ether oxygens (including phenoxy) is 1. The van der Waals surface area contributed by atoms with Crippen molar-refractivity contribution in [1.82, 2.24) is 9.55 Å². The minimum absolute atomic E-state index is 0.181. The number of carbonyl (C=O) groups excluding carboxylic acids is 1. The fourth-order valence-corrected chi connectivity index (χ4v) is 2.00. The predicted molar refractivity (Wildman–Crippen MR) is 85.2 cm³/mol. The molecule has 0 aliphatic rings. The number of hydrogen-bond donors (Lipinski definition) is 2. The number of aliphatic carboxylic acids is 1. The second-order valence-electron chi connectivity index (χ2n) is 5.98. The van der Waals surface area contributed by atoms with Gasteiger partial charge in [-0.1, -0.05) is 12.1 Å². The number of nitrogens with one attached hydrogen (secondary N) is 1. The van der Waals surface area contributed by atoms with Crippen LogP contribution in [0.4, 0.5) is 10.5 Å². The molecular weight excluding hydrogens is 298 g/mol. The highest BCUT2D eigenvalue weighted by atomic mass is 16.6. The Morgan fingerprint density at radius 1 is 1.35 bits per heavy atom. The van der Waals surface area contributed by atoms with Crippen molar-refractivity contribution in [1.29, 1.82) is 0 Å². The van der Waals surface area contributed by atoms with Gasteiger partial charge in [0, 0.05) is 23.6 Å². The zero-order valence-electron chi connectivity index (χ0n) is 13.2. The second kappa shape index (κ2) is 6.51. The highest BCUT2D eigenvalue weighted by Crippen LogP contribution is 2.22. The van der Waals surface area contributed by atoms with Gasteiger partial charge in [-0.05, 0) is 32.9 Å². The molecule has 0 bridgehead atoms. The minimum atomic E-state index is -0.952. The van der Waals surface area contributed by atoms with Gasteiger partial charge in [0.2, 0.25) is 0 Å². The number of amides is 1. The van der Waals surface area contributed by atoms with Crippen LogP contribution in [0.3, 0.4) is 0 Å². The Labute approximate surface area is 133 Å². The van der Waals surface area contributed by atoms with E-state index in [9.17, 15) is 9.59 Å². The summed E-state index contributed by atoms with van der Waals surface area (Å²) in [5.41, 5.74) is 0.658. The van der Waals surface area contributed by atoms with Gasteiger partial charge in [-0.25, -0.2) is 9.78 Å². The molecule has 2 aromatic rings. The Balaban J connectivity index is 2.19. The van der Waals surface area contributed by atoms with Crippen molar-refractivity contribution in [3.05, 3.63) is 36.7 Å². The Kier molecular flexibility index (Phi) is 4.68. The summed E-state index contributed by atoms with van der Waals surface area (Å²) in [6.07, 6.45) is 2.58. The third-order valence-corrected chi connectivity index (χ3v) is 2.79. The zero-order valence-corrected chi connectivity index (χ0v) is 13.2. The second-order valence-corrected chi connectivity index (χ2v) is 5.98. The fourth-order valence-electron chi connectivity index (χ4n) is 2.00. The van der Waals surface area contributed by atoms with E-state index in [2.05, 4.69) is 10.3 Å². The van der Waals surface area contributed by atoms with Gasteiger partial charge >= 0.3 is 12.1 Å². The van der Waals surface area contributed by atoms with E-state index in [0.717, 1.165) is 0 Å². The van der Waals surface area contributed by atoms with E-state index < -0.39 is 17.7 Å². The van der Waals surface area contributed by atoms with Crippen LogP contribution in [0.15, 0.2) is 36.7 Å². The lowest BCUT2D eigenvalue weighted by Gasteiger charge is -2.19. The van der Waals surface area contributed by atoms with Crippen molar-refractivity contribution < 1.29 is 19.4 Å². The van der Waals surface area contributed by atoms with E-state index in [1.54, 1.807) is 51.2 Å². The number of carboxylic acid groups (broad SMARTS) is 1. The zero-order chi connectivity index (χ0) is 17.0. The molecule has 1 heterocycles. The van der Waals surface area contributed by atoms with E-state index in [-0.39, 0.29) is 6.54 Å². The monoisotopic (exact) mass is 317 g/mol. The fraction of sp³-hybridized carbons (Fsp3) is 0.312. The van der Waals surface area contributed by atoms with Crippen LogP contribution in [-0.4, -0.2) is 32.3 Å². The van der Waals surface area contributed by atoms with Crippen LogP contribution >= 0.6 is 0 Å². The van der Waals surface area contributed by atoms with Crippen LogP contribution in [0.2, 0.25) is 0 Å². The van der Waals surface area contributed by atoms with Crippen molar-refractivity contribution in [2.75, 3.05) is 5.32 Å². The summed E-state index contributed by atoms with van der Waals surface area (Å²) < 4.78 is 6.72. The standard InChI is InChI=1S/C16H19N3O4/c1-16(2,3)23-15(22)18-12-6-4-5-11(9-12)14-17-7-8-19(14)10-13(20)21/h4-9H,10H2,1-3H3,(H,18,22)(H,20,21). The SMILES string of the molecule is CC(C)(C)OC(=O)Nc1cccc(-c2nccn2CC(=O)O)c1. The lowest BCUT2D eigenvalue weighted by molar-refractivity contribution is -0.137. The minimum Gasteiger partial charge on any atom is -0.480 e. The number of nitrogens with zero attached hydrogens (tertiary/aromatic N) is 2. The number of imidazole rings is 1. The summed E-state index contributed by atoms with van der Waals surface area (Å²) in [7, 11) is 0. The quantitative estimate of drug-likeness (QED) is 0.904. The van der Waals surface area contributed by atoms with Gasteiger partial charge in [-0.15, -0.1) is 0 Å². The van der Waals surface area contributed by atoms with Crippen molar-refractivity contribution in [2.24, 2.45) is 0 Å². The van der Waals surface area contributed by atoms with Gasteiger partial charge in [0.25, 0.3) is 0 Å². The average Bonchev–Trinajstić information content (AvgIpc) is 2.83. The van der Waals surface area contributed by atoms with Crippen LogP contribution in [-0.2, 0) is 16.1 Å². The molecule has 0 aliphatic heterocycles. The molecule has 1 aromatic heterocycles. The van der Waals surface area contributed by atoms with E-state index in [1.165, 1.54) is 10.8 Å². The maximum atomic E-state index is 11.8. The Bertz CT molecular complexity index is 716. The summed E-state index contributed by atoms with van der Waals surface area (Å²) in [4.78, 5) is 26.9. The van der Waals surface area contributed by atoms with Gasteiger partial charge in [-0.2, -0.15) is 0 Å². The highest BCUT2D eigenvalue weighted by Gasteiger charge is 2.16. The third kappa shape index (κ3) is 4.84. The molecule has 0 fully saturated rings. The van der Waals surface area contributed by atoms with Gasteiger partial charge in [-0.3, -0.25) is 10.1 Å². The van der Waals surface area contributed by atoms with Crippen LogP contribution in [0.5, 0.6) is 0 Å². The molecular formula is C16H19N3O4. The van der Waals surface area contributed by atoms with Gasteiger partial charge in [0.05, 0.1) is 0 Å². The lowest BCUT2D eigenvalue weighted by Crippen LogP contribution is -2.27. The highest BCUT2D eigenvalue weighted by molar-refractivity contribution is 5.86. The number of rotatable bonds is 4. The topological polar surface area (TPSA) is 93.5 Å². The Morgan fingerprint density at radius 2 is 2.09 bits per heavy atom. The summed E-state index contributed by atoms with van der Waals surface area (Å²) in [5, 5.41) is 11.6. The summed E-state index contributed by atoms with van der Waals surface area (Å²) in [6, 6.07) is 6.98. The molecule has 0 saturated carbocycles. The molecule has 0 aliphatic carbocycles. The first-order valence-corrected chi connectivity index (χ1v) is 7.08. The molecule has 0 radical (unpaired) electrons. The predicted octanol–water partition coefficient (Wildman–Crippen LogP) is 2.98. The average molecular weight is 317 g/mol. The van der Waals surface area contributed by atoms with Crippen molar-refractivity contribution >= 4 is 17.7 Å². The summed E-state index contributed by atoms with van der Waals surface area (Å²) in [5.74, 6) is -0.437. The van der Waals surface area contributed by atoms with E-state index in [0.29, 0.717) is 17.1 Å². The number of benzene rings is 1. The van der Waals surface area contributed by atoms with Crippen LogP contribution < -0.4 is 5.32 Å². The molecule has 0 unspecified atom stereocenters. The van der Waals surface area contributed by atoms with E-state index in [4.69, 9.17) is 9.84 Å². The number of carboxylic acids is 1. The molecule has 1 aromatic carbocycles. The normalized spacial score (nSPS) is 11.1. The first-order chi connectivity index (χ1) is 10.7.